The SMILES string of the molecule is C=C/C=C(\C=C)CSCc1ccccc1S.Fc1ccc(CS)cc1. The van der Waals surface area contributed by atoms with Gasteiger partial charge in [-0.3, -0.25) is 0 Å². The van der Waals surface area contributed by atoms with Crippen LogP contribution >= 0.6 is 37.0 Å². The molecule has 0 amide bonds. The van der Waals surface area contributed by atoms with Gasteiger partial charge in [0, 0.05) is 22.2 Å². The zero-order valence-corrected chi connectivity index (χ0v) is 16.7. The molecule has 0 aromatic heterocycles. The molecule has 2 aromatic carbocycles. The molecule has 0 bridgehead atoms. The summed E-state index contributed by atoms with van der Waals surface area (Å²) in [5.74, 6) is 2.40. The smallest absolute Gasteiger partial charge is 0.123 e. The number of thiol groups is 2. The maximum atomic E-state index is 12.2. The lowest BCUT2D eigenvalue weighted by atomic mass is 10.2. The summed E-state index contributed by atoms with van der Waals surface area (Å²) >= 11 is 10.3. The molecule has 0 radical (unpaired) electrons. The van der Waals surface area contributed by atoms with Crippen molar-refractivity contribution < 1.29 is 4.39 Å². The molecule has 4 heteroatoms. The van der Waals surface area contributed by atoms with Gasteiger partial charge >= 0.3 is 0 Å². The Hall–Kier alpha value is -1.36. The topological polar surface area (TPSA) is 0 Å². The summed E-state index contributed by atoms with van der Waals surface area (Å²) < 4.78 is 12.2. The quantitative estimate of drug-likeness (QED) is 0.389. The first-order chi connectivity index (χ1) is 12.1. The Morgan fingerprint density at radius 2 is 1.76 bits per heavy atom. The average molecular weight is 391 g/mol. The van der Waals surface area contributed by atoms with Crippen LogP contribution in [-0.2, 0) is 11.5 Å². The molecule has 132 valence electrons. The van der Waals surface area contributed by atoms with Crippen molar-refractivity contribution in [2.45, 2.75) is 16.4 Å². The van der Waals surface area contributed by atoms with Crippen LogP contribution in [0.1, 0.15) is 11.1 Å². The summed E-state index contributed by atoms with van der Waals surface area (Å²) in [4.78, 5) is 1.06. The lowest BCUT2D eigenvalue weighted by molar-refractivity contribution is 0.627. The van der Waals surface area contributed by atoms with E-state index in [-0.39, 0.29) is 5.82 Å². The molecule has 2 aromatic rings. The summed E-state index contributed by atoms with van der Waals surface area (Å²) in [6, 6.07) is 14.5. The molecule has 0 aliphatic carbocycles. The molecule has 0 saturated carbocycles. The Labute approximate surface area is 165 Å². The molecule has 2 rings (SSSR count). The third kappa shape index (κ3) is 9.05. The minimum atomic E-state index is -0.194. The number of thioether (sulfide) groups is 1. The van der Waals surface area contributed by atoms with Gasteiger partial charge in [0.05, 0.1) is 0 Å². The second-order valence-electron chi connectivity index (χ2n) is 5.09. The van der Waals surface area contributed by atoms with Gasteiger partial charge in [-0.2, -0.15) is 24.4 Å². The number of hydrogen-bond acceptors (Lipinski definition) is 3. The van der Waals surface area contributed by atoms with E-state index < -0.39 is 0 Å². The predicted molar refractivity (Wildman–Crippen MR) is 117 cm³/mol. The van der Waals surface area contributed by atoms with Gasteiger partial charge in [0.1, 0.15) is 5.82 Å². The van der Waals surface area contributed by atoms with Gasteiger partial charge in [-0.1, -0.05) is 61.7 Å². The zero-order chi connectivity index (χ0) is 18.5. The minimum absolute atomic E-state index is 0.194. The fourth-order valence-corrected chi connectivity index (χ4v) is 3.41. The van der Waals surface area contributed by atoms with Crippen LogP contribution in [0.2, 0.25) is 0 Å². The van der Waals surface area contributed by atoms with Crippen molar-refractivity contribution in [1.82, 2.24) is 0 Å². The van der Waals surface area contributed by atoms with Crippen LogP contribution in [0.5, 0.6) is 0 Å². The number of rotatable bonds is 7. The van der Waals surface area contributed by atoms with Gasteiger partial charge in [-0.05, 0) is 34.9 Å². The standard InChI is InChI=1S/C14H16S2.C7H7FS/c1-3-7-12(4-2)10-16-11-13-8-5-6-9-14(13)15;8-7-3-1-6(5-9)2-4-7/h3-9,15H,1-2,10-11H2;1-4,9H,5H2/b12-7+;. The zero-order valence-electron chi connectivity index (χ0n) is 14.1. The van der Waals surface area contributed by atoms with Gasteiger partial charge in [-0.25, -0.2) is 4.39 Å². The van der Waals surface area contributed by atoms with E-state index in [1.807, 2.05) is 42.1 Å². The minimum Gasteiger partial charge on any atom is -0.207 e. The second-order valence-corrected chi connectivity index (χ2v) is 6.87. The largest absolute Gasteiger partial charge is 0.207 e. The van der Waals surface area contributed by atoms with Gasteiger partial charge in [0.25, 0.3) is 0 Å². The lowest BCUT2D eigenvalue weighted by Crippen LogP contribution is -1.87. The third-order valence-corrected chi connectivity index (χ3v) is 5.06. The van der Waals surface area contributed by atoms with E-state index in [1.54, 1.807) is 18.2 Å². The molecule has 0 N–H and O–H groups in total. The normalized spacial score (nSPS) is 10.6. The third-order valence-electron chi connectivity index (χ3n) is 3.21. The van der Waals surface area contributed by atoms with Crippen molar-refractivity contribution in [2.75, 3.05) is 5.75 Å². The first-order valence-electron chi connectivity index (χ1n) is 7.74. The van der Waals surface area contributed by atoms with Crippen LogP contribution in [-0.4, -0.2) is 5.75 Å². The number of hydrogen-bond donors (Lipinski definition) is 2. The summed E-state index contributed by atoms with van der Waals surface area (Å²) in [7, 11) is 0. The van der Waals surface area contributed by atoms with Crippen LogP contribution in [0.25, 0.3) is 0 Å². The monoisotopic (exact) mass is 390 g/mol. The number of benzene rings is 2. The predicted octanol–water partition coefficient (Wildman–Crippen LogP) is 6.76. The Kier molecular flexibility index (Phi) is 11.2. The van der Waals surface area contributed by atoms with Crippen LogP contribution in [0.4, 0.5) is 4.39 Å². The average Bonchev–Trinajstić information content (AvgIpc) is 2.64. The molecule has 25 heavy (non-hydrogen) atoms. The maximum Gasteiger partial charge on any atom is 0.123 e. The first kappa shape index (κ1) is 21.7. The lowest BCUT2D eigenvalue weighted by Gasteiger charge is -2.05. The van der Waals surface area contributed by atoms with Crippen molar-refractivity contribution >= 4 is 37.0 Å². The van der Waals surface area contributed by atoms with Gasteiger partial charge in [0.2, 0.25) is 0 Å². The van der Waals surface area contributed by atoms with Gasteiger partial charge < -0.3 is 0 Å². The molecule has 0 spiro atoms. The Bertz CT molecular complexity index is 691. The first-order valence-corrected chi connectivity index (χ1v) is 9.98. The molecule has 0 aliphatic rings. The van der Waals surface area contributed by atoms with Gasteiger partial charge in [-0.15, -0.1) is 12.6 Å². The van der Waals surface area contributed by atoms with E-state index in [1.165, 1.54) is 23.3 Å². The molecular formula is C21H23FS3. The van der Waals surface area contributed by atoms with Gasteiger partial charge in [0.15, 0.2) is 0 Å². The number of halogens is 1. The molecule has 0 nitrogen and oxygen atoms in total. The van der Waals surface area contributed by atoms with E-state index in [4.69, 9.17) is 0 Å². The fraction of sp³-hybridized carbons (Fsp3) is 0.143. The summed E-state index contributed by atoms with van der Waals surface area (Å²) in [6.45, 7) is 7.46. The Balaban J connectivity index is 0.000000293. The Morgan fingerprint density at radius 1 is 1.08 bits per heavy atom. The highest BCUT2D eigenvalue weighted by molar-refractivity contribution is 7.98. The maximum absolute atomic E-state index is 12.2. The van der Waals surface area contributed by atoms with E-state index in [0.29, 0.717) is 5.75 Å². The molecule has 0 atom stereocenters. The summed E-state index contributed by atoms with van der Waals surface area (Å²) in [6.07, 6.45) is 5.66. The summed E-state index contributed by atoms with van der Waals surface area (Å²) in [5.41, 5.74) is 3.52. The van der Waals surface area contributed by atoms with Crippen LogP contribution in [0.3, 0.4) is 0 Å². The highest BCUT2D eigenvalue weighted by Gasteiger charge is 1.98. The molecule has 0 saturated heterocycles. The van der Waals surface area contributed by atoms with E-state index in [2.05, 4.69) is 44.5 Å². The van der Waals surface area contributed by atoms with Crippen molar-refractivity contribution in [3.63, 3.8) is 0 Å². The molecule has 0 aliphatic heterocycles. The molecule has 0 heterocycles. The highest BCUT2D eigenvalue weighted by Crippen LogP contribution is 2.21. The second kappa shape index (κ2) is 12.9. The molecule has 0 unspecified atom stereocenters. The van der Waals surface area contributed by atoms with E-state index in [9.17, 15) is 4.39 Å². The van der Waals surface area contributed by atoms with E-state index in [0.717, 1.165) is 22.0 Å². The van der Waals surface area contributed by atoms with E-state index >= 15 is 0 Å². The van der Waals surface area contributed by atoms with Crippen molar-refractivity contribution in [2.24, 2.45) is 0 Å². The molecule has 0 fully saturated rings. The van der Waals surface area contributed by atoms with Crippen LogP contribution in [0.15, 0.2) is 90.4 Å². The van der Waals surface area contributed by atoms with Crippen LogP contribution < -0.4 is 0 Å². The van der Waals surface area contributed by atoms with Crippen molar-refractivity contribution in [3.05, 3.63) is 102 Å². The summed E-state index contributed by atoms with van der Waals surface area (Å²) in [5, 5.41) is 0. The van der Waals surface area contributed by atoms with Crippen LogP contribution in [0, 0.1) is 5.82 Å². The number of allylic oxidation sites excluding steroid dienone is 3. The molecular weight excluding hydrogens is 367 g/mol. The van der Waals surface area contributed by atoms with Crippen molar-refractivity contribution in [3.8, 4) is 0 Å². The Morgan fingerprint density at radius 3 is 2.32 bits per heavy atom. The highest BCUT2D eigenvalue weighted by atomic mass is 32.2. The van der Waals surface area contributed by atoms with Crippen molar-refractivity contribution in [1.29, 1.82) is 0 Å². The fourth-order valence-electron chi connectivity index (χ4n) is 1.83.